The molecule has 0 saturated heterocycles. The van der Waals surface area contributed by atoms with Gasteiger partial charge in [0.1, 0.15) is 6.04 Å². The van der Waals surface area contributed by atoms with Crippen LogP contribution in [0, 0.1) is 0 Å². The number of carboxylic acids is 2. The average Bonchev–Trinajstić information content (AvgIpc) is 2.28. The molecule has 8 heteroatoms. The highest BCUT2D eigenvalue weighted by molar-refractivity contribution is 5.81. The Bertz CT molecular complexity index is 270. The Kier molecular flexibility index (Phi) is 12.3. The molecule has 0 spiro atoms. The van der Waals surface area contributed by atoms with Crippen molar-refractivity contribution in [2.24, 2.45) is 11.5 Å². The first-order chi connectivity index (χ1) is 8.34. The second-order valence-corrected chi connectivity index (χ2v) is 3.47. The highest BCUT2D eigenvalue weighted by Crippen LogP contribution is 2.00. The van der Waals surface area contributed by atoms with Crippen LogP contribution < -0.4 is 16.8 Å². The molecule has 7 N–H and O–H groups in total. The van der Waals surface area contributed by atoms with Crippen LogP contribution in [0.3, 0.4) is 0 Å². The quantitative estimate of drug-likeness (QED) is 0.358. The Labute approximate surface area is 105 Å². The lowest BCUT2D eigenvalue weighted by atomic mass is 10.1. The van der Waals surface area contributed by atoms with Crippen LogP contribution in [0.1, 0.15) is 26.2 Å². The van der Waals surface area contributed by atoms with Crippen molar-refractivity contribution < 1.29 is 24.6 Å². The van der Waals surface area contributed by atoms with E-state index in [9.17, 15) is 14.4 Å². The molecule has 0 fully saturated rings. The van der Waals surface area contributed by atoms with E-state index >= 15 is 0 Å². The van der Waals surface area contributed by atoms with Gasteiger partial charge in [0.25, 0.3) is 0 Å². The van der Waals surface area contributed by atoms with Gasteiger partial charge in [-0.3, -0.25) is 9.59 Å². The number of carbonyl (C=O) groups excluding carboxylic acids is 1. The Morgan fingerprint density at radius 2 is 1.67 bits per heavy atom. The van der Waals surface area contributed by atoms with Gasteiger partial charge in [-0.15, -0.1) is 0 Å². The van der Waals surface area contributed by atoms with E-state index in [4.69, 9.17) is 15.9 Å². The molecule has 0 aromatic rings. The number of rotatable bonds is 7. The second-order valence-electron chi connectivity index (χ2n) is 3.47. The summed E-state index contributed by atoms with van der Waals surface area (Å²) in [7, 11) is 0. The fraction of sp³-hybridized carbons (Fsp3) is 0.700. The minimum Gasteiger partial charge on any atom is -0.480 e. The summed E-state index contributed by atoms with van der Waals surface area (Å²) in [6, 6.07) is -0.774. The molecule has 8 nitrogen and oxygen atoms in total. The van der Waals surface area contributed by atoms with Crippen LogP contribution in [-0.2, 0) is 14.4 Å². The summed E-state index contributed by atoms with van der Waals surface area (Å²) >= 11 is 0. The van der Waals surface area contributed by atoms with Crippen molar-refractivity contribution in [1.82, 2.24) is 5.32 Å². The van der Waals surface area contributed by atoms with E-state index in [1.54, 1.807) is 0 Å². The van der Waals surface area contributed by atoms with Crippen LogP contribution in [0.2, 0.25) is 0 Å². The van der Waals surface area contributed by atoms with Crippen molar-refractivity contribution in [3.63, 3.8) is 0 Å². The zero-order valence-corrected chi connectivity index (χ0v) is 10.4. The molecule has 18 heavy (non-hydrogen) atoms. The SMILES string of the molecule is CC(=O)NC(CCCCN)C(=O)O.NCC(=O)O. The maximum Gasteiger partial charge on any atom is 0.326 e. The number of unbranched alkanes of at least 4 members (excludes halogenated alkanes) is 1. The summed E-state index contributed by atoms with van der Waals surface area (Å²) in [5.74, 6) is -2.28. The third-order valence-electron chi connectivity index (χ3n) is 1.80. The van der Waals surface area contributed by atoms with Crippen LogP contribution in [0.4, 0.5) is 0 Å². The van der Waals surface area contributed by atoms with Gasteiger partial charge < -0.3 is 27.0 Å². The fourth-order valence-corrected chi connectivity index (χ4v) is 0.996. The van der Waals surface area contributed by atoms with Crippen molar-refractivity contribution in [2.45, 2.75) is 32.2 Å². The molecule has 0 aromatic carbocycles. The predicted molar refractivity (Wildman–Crippen MR) is 64.8 cm³/mol. The molecular formula is C10H21N3O5. The van der Waals surface area contributed by atoms with Gasteiger partial charge in [-0.1, -0.05) is 0 Å². The number of aliphatic carboxylic acids is 2. The smallest absolute Gasteiger partial charge is 0.326 e. The Hall–Kier alpha value is -1.67. The average molecular weight is 263 g/mol. The monoisotopic (exact) mass is 263 g/mol. The molecule has 0 bridgehead atoms. The lowest BCUT2D eigenvalue weighted by molar-refractivity contribution is -0.141. The number of hydrogen-bond acceptors (Lipinski definition) is 5. The van der Waals surface area contributed by atoms with Crippen LogP contribution in [-0.4, -0.2) is 47.2 Å². The van der Waals surface area contributed by atoms with Gasteiger partial charge in [0.15, 0.2) is 0 Å². The van der Waals surface area contributed by atoms with Crippen LogP contribution >= 0.6 is 0 Å². The van der Waals surface area contributed by atoms with Gasteiger partial charge in [-0.25, -0.2) is 4.79 Å². The molecule has 0 aliphatic carbocycles. The van der Waals surface area contributed by atoms with Crippen molar-refractivity contribution in [3.8, 4) is 0 Å². The summed E-state index contributed by atoms with van der Waals surface area (Å²) in [5, 5.41) is 18.6. The van der Waals surface area contributed by atoms with Crippen molar-refractivity contribution >= 4 is 17.8 Å². The highest BCUT2D eigenvalue weighted by atomic mass is 16.4. The van der Waals surface area contributed by atoms with E-state index in [0.29, 0.717) is 19.4 Å². The maximum atomic E-state index is 10.6. The largest absolute Gasteiger partial charge is 0.480 e. The third kappa shape index (κ3) is 14.3. The molecule has 0 aliphatic heterocycles. The van der Waals surface area contributed by atoms with Gasteiger partial charge >= 0.3 is 11.9 Å². The zero-order valence-electron chi connectivity index (χ0n) is 10.4. The standard InChI is InChI=1S/C8H16N2O3.C2H5NO2/c1-6(11)10-7(8(12)13)4-2-3-5-9;3-1-2(4)5/h7H,2-5,9H2,1H3,(H,10,11)(H,12,13);1,3H2,(H,4,5). The third-order valence-corrected chi connectivity index (χ3v) is 1.80. The minimum atomic E-state index is -0.993. The van der Waals surface area contributed by atoms with Crippen molar-refractivity contribution in [3.05, 3.63) is 0 Å². The maximum absolute atomic E-state index is 10.6. The van der Waals surface area contributed by atoms with E-state index in [1.807, 2.05) is 0 Å². The van der Waals surface area contributed by atoms with E-state index in [2.05, 4.69) is 11.1 Å². The number of nitrogens with one attached hydrogen (secondary N) is 1. The molecule has 0 radical (unpaired) electrons. The number of carboxylic acid groups (broad SMARTS) is 2. The summed E-state index contributed by atoms with van der Waals surface area (Å²) in [5.41, 5.74) is 9.83. The molecule has 0 heterocycles. The molecule has 0 aliphatic rings. The first kappa shape index (κ1) is 18.7. The Balaban J connectivity index is 0. The van der Waals surface area contributed by atoms with E-state index < -0.39 is 18.0 Å². The van der Waals surface area contributed by atoms with Gasteiger partial charge in [-0.05, 0) is 25.8 Å². The number of hydrogen-bond donors (Lipinski definition) is 5. The Morgan fingerprint density at radius 3 is 1.94 bits per heavy atom. The number of nitrogens with two attached hydrogens (primary N) is 2. The second kappa shape index (κ2) is 11.8. The molecular weight excluding hydrogens is 242 g/mol. The first-order valence-electron chi connectivity index (χ1n) is 5.47. The summed E-state index contributed by atoms with van der Waals surface area (Å²) in [4.78, 5) is 30.4. The molecule has 1 atom stereocenters. The van der Waals surface area contributed by atoms with Crippen molar-refractivity contribution in [1.29, 1.82) is 0 Å². The number of carbonyl (C=O) groups is 3. The molecule has 1 unspecified atom stereocenters. The van der Waals surface area contributed by atoms with E-state index in [0.717, 1.165) is 6.42 Å². The summed E-state index contributed by atoms with van der Waals surface area (Å²) in [6.07, 6.45) is 1.93. The van der Waals surface area contributed by atoms with Crippen LogP contribution in [0.25, 0.3) is 0 Å². The van der Waals surface area contributed by atoms with Gasteiger partial charge in [0, 0.05) is 6.92 Å². The first-order valence-corrected chi connectivity index (χ1v) is 5.47. The highest BCUT2D eigenvalue weighted by Gasteiger charge is 2.16. The molecule has 106 valence electrons. The van der Waals surface area contributed by atoms with Crippen LogP contribution in [0.5, 0.6) is 0 Å². The lowest BCUT2D eigenvalue weighted by Gasteiger charge is -2.12. The fourth-order valence-electron chi connectivity index (χ4n) is 0.996. The van der Waals surface area contributed by atoms with Gasteiger partial charge in [0.2, 0.25) is 5.91 Å². The van der Waals surface area contributed by atoms with Crippen LogP contribution in [0.15, 0.2) is 0 Å². The molecule has 1 amide bonds. The molecule has 0 aromatic heterocycles. The Morgan fingerprint density at radius 1 is 1.17 bits per heavy atom. The summed E-state index contributed by atoms with van der Waals surface area (Å²) < 4.78 is 0. The minimum absolute atomic E-state index is 0.278. The lowest BCUT2D eigenvalue weighted by Crippen LogP contribution is -2.39. The predicted octanol–water partition coefficient (Wildman–Crippen LogP) is -1.27. The van der Waals surface area contributed by atoms with Crippen molar-refractivity contribution in [2.75, 3.05) is 13.1 Å². The molecule has 0 saturated carbocycles. The summed E-state index contributed by atoms with van der Waals surface area (Å²) in [6.45, 7) is 1.57. The number of amides is 1. The van der Waals surface area contributed by atoms with E-state index in [-0.39, 0.29) is 12.5 Å². The van der Waals surface area contributed by atoms with Gasteiger partial charge in [-0.2, -0.15) is 0 Å². The van der Waals surface area contributed by atoms with Gasteiger partial charge in [0.05, 0.1) is 6.54 Å². The molecule has 0 rings (SSSR count). The normalized spacial score (nSPS) is 10.8. The van der Waals surface area contributed by atoms with E-state index in [1.165, 1.54) is 6.92 Å². The zero-order chi connectivity index (χ0) is 14.6. The topological polar surface area (TPSA) is 156 Å².